The second-order valence-corrected chi connectivity index (χ2v) is 4.62. The molecule has 0 heterocycles. The van der Waals surface area contributed by atoms with Gasteiger partial charge in [0.05, 0.1) is 6.10 Å². The van der Waals surface area contributed by atoms with Crippen LogP contribution in [0.5, 0.6) is 0 Å². The first kappa shape index (κ1) is 15.9. The molecule has 3 nitrogen and oxygen atoms in total. The molecule has 0 amide bonds. The van der Waals surface area contributed by atoms with Gasteiger partial charge in [0.2, 0.25) is 0 Å². The molecule has 0 radical (unpaired) electrons. The fraction of sp³-hybridized carbons (Fsp3) is 1.00. The maximum atomic E-state index is 5.69. The molecule has 1 unspecified atom stereocenters. The summed E-state index contributed by atoms with van der Waals surface area (Å²) in [6, 6.07) is 0. The Morgan fingerprint density at radius 1 is 1.12 bits per heavy atom. The van der Waals surface area contributed by atoms with Gasteiger partial charge in [0.15, 0.2) is 0 Å². The number of rotatable bonds is 11. The zero-order valence-electron chi connectivity index (χ0n) is 11.4. The van der Waals surface area contributed by atoms with Crippen LogP contribution in [-0.4, -0.2) is 39.0 Å². The number of ether oxygens (including phenoxy) is 2. The van der Waals surface area contributed by atoms with Crippen LogP contribution in [0.3, 0.4) is 0 Å². The van der Waals surface area contributed by atoms with Gasteiger partial charge in [0.25, 0.3) is 0 Å². The summed E-state index contributed by atoms with van der Waals surface area (Å²) in [6.45, 7) is 13.1. The van der Waals surface area contributed by atoms with Gasteiger partial charge in [-0.05, 0) is 39.2 Å². The summed E-state index contributed by atoms with van der Waals surface area (Å²) in [5.41, 5.74) is 0. The molecule has 0 saturated heterocycles. The Bertz CT molecular complexity index is 140. The van der Waals surface area contributed by atoms with Crippen LogP contribution in [0.2, 0.25) is 0 Å². The average molecular weight is 231 g/mol. The predicted molar refractivity (Wildman–Crippen MR) is 68.8 cm³/mol. The van der Waals surface area contributed by atoms with E-state index < -0.39 is 0 Å². The van der Waals surface area contributed by atoms with Crippen LogP contribution in [0.15, 0.2) is 0 Å². The van der Waals surface area contributed by atoms with Crippen molar-refractivity contribution in [1.29, 1.82) is 0 Å². The fourth-order valence-electron chi connectivity index (χ4n) is 1.31. The van der Waals surface area contributed by atoms with Crippen molar-refractivity contribution >= 4 is 0 Å². The number of nitrogens with one attached hydrogen (secondary N) is 1. The summed E-state index contributed by atoms with van der Waals surface area (Å²) in [4.78, 5) is 0. The molecule has 0 rings (SSSR count). The molecule has 3 heteroatoms. The molecule has 0 aliphatic carbocycles. The molecular formula is C13H29NO2. The minimum Gasteiger partial charge on any atom is -0.382 e. The summed E-state index contributed by atoms with van der Waals surface area (Å²) < 4.78 is 10.9. The Hall–Kier alpha value is -0.120. The standard InChI is InChI=1S/C13H29NO2/c1-5-15-9-6-8-14-11-13(4)16-10-7-12(2)3/h12-14H,5-11H2,1-4H3. The van der Waals surface area contributed by atoms with E-state index in [-0.39, 0.29) is 0 Å². The molecule has 0 spiro atoms. The summed E-state index contributed by atoms with van der Waals surface area (Å²) in [6.07, 6.45) is 2.53. The Labute approximate surface area is 101 Å². The molecule has 0 aromatic rings. The van der Waals surface area contributed by atoms with Crippen LogP contribution in [0, 0.1) is 5.92 Å². The van der Waals surface area contributed by atoms with Gasteiger partial charge in [-0.1, -0.05) is 13.8 Å². The maximum absolute atomic E-state index is 5.69. The van der Waals surface area contributed by atoms with Crippen molar-refractivity contribution in [2.45, 2.75) is 46.6 Å². The van der Waals surface area contributed by atoms with E-state index in [0.29, 0.717) is 6.10 Å². The van der Waals surface area contributed by atoms with Crippen LogP contribution in [0.25, 0.3) is 0 Å². The van der Waals surface area contributed by atoms with Crippen LogP contribution in [-0.2, 0) is 9.47 Å². The lowest BCUT2D eigenvalue weighted by Gasteiger charge is -2.14. The minimum atomic E-state index is 0.311. The second-order valence-electron chi connectivity index (χ2n) is 4.62. The third kappa shape index (κ3) is 12.0. The predicted octanol–water partition coefficient (Wildman–Crippen LogP) is 2.45. The normalized spacial score (nSPS) is 13.3. The maximum Gasteiger partial charge on any atom is 0.0671 e. The van der Waals surface area contributed by atoms with Gasteiger partial charge in [0.1, 0.15) is 0 Å². The van der Waals surface area contributed by atoms with Crippen LogP contribution >= 0.6 is 0 Å². The third-order valence-corrected chi connectivity index (χ3v) is 2.38. The zero-order chi connectivity index (χ0) is 12.2. The van der Waals surface area contributed by atoms with E-state index >= 15 is 0 Å². The summed E-state index contributed by atoms with van der Waals surface area (Å²) in [7, 11) is 0. The van der Waals surface area contributed by atoms with E-state index in [4.69, 9.17) is 9.47 Å². The molecule has 16 heavy (non-hydrogen) atoms. The van der Waals surface area contributed by atoms with Gasteiger partial charge in [-0.25, -0.2) is 0 Å². The van der Waals surface area contributed by atoms with Crippen molar-refractivity contribution < 1.29 is 9.47 Å². The molecule has 0 bridgehead atoms. The first-order chi connectivity index (χ1) is 7.66. The third-order valence-electron chi connectivity index (χ3n) is 2.38. The Kier molecular flexibility index (Phi) is 11.3. The lowest BCUT2D eigenvalue weighted by molar-refractivity contribution is 0.0582. The highest BCUT2D eigenvalue weighted by atomic mass is 16.5. The van der Waals surface area contributed by atoms with E-state index in [1.54, 1.807) is 0 Å². The molecule has 1 N–H and O–H groups in total. The van der Waals surface area contributed by atoms with E-state index in [1.807, 2.05) is 6.92 Å². The highest BCUT2D eigenvalue weighted by Gasteiger charge is 2.02. The lowest BCUT2D eigenvalue weighted by Crippen LogP contribution is -2.28. The molecule has 0 aliphatic heterocycles. The van der Waals surface area contributed by atoms with Crippen molar-refractivity contribution in [2.75, 3.05) is 32.9 Å². The molecule has 0 aromatic heterocycles. The quantitative estimate of drug-likeness (QED) is 0.554. The van der Waals surface area contributed by atoms with Gasteiger partial charge in [0, 0.05) is 26.4 Å². The highest BCUT2D eigenvalue weighted by molar-refractivity contribution is 4.56. The highest BCUT2D eigenvalue weighted by Crippen LogP contribution is 2.00. The van der Waals surface area contributed by atoms with Gasteiger partial charge >= 0.3 is 0 Å². The number of hydrogen-bond donors (Lipinski definition) is 1. The molecule has 1 atom stereocenters. The molecular weight excluding hydrogens is 202 g/mol. The monoisotopic (exact) mass is 231 g/mol. The van der Waals surface area contributed by atoms with Gasteiger partial charge < -0.3 is 14.8 Å². The first-order valence-electron chi connectivity index (χ1n) is 6.56. The Morgan fingerprint density at radius 3 is 2.50 bits per heavy atom. The summed E-state index contributed by atoms with van der Waals surface area (Å²) in [5, 5.41) is 3.38. The second kappa shape index (κ2) is 11.4. The van der Waals surface area contributed by atoms with Crippen LogP contribution < -0.4 is 5.32 Å². The molecule has 98 valence electrons. The minimum absolute atomic E-state index is 0.311. The van der Waals surface area contributed by atoms with Gasteiger partial charge in [-0.15, -0.1) is 0 Å². The van der Waals surface area contributed by atoms with Crippen molar-refractivity contribution in [3.05, 3.63) is 0 Å². The van der Waals surface area contributed by atoms with E-state index in [2.05, 4.69) is 26.1 Å². The molecule has 0 fully saturated rings. The van der Waals surface area contributed by atoms with Crippen molar-refractivity contribution in [1.82, 2.24) is 5.32 Å². The van der Waals surface area contributed by atoms with Gasteiger partial charge in [-0.2, -0.15) is 0 Å². The van der Waals surface area contributed by atoms with Crippen molar-refractivity contribution in [3.8, 4) is 0 Å². The van der Waals surface area contributed by atoms with Crippen LogP contribution in [0.4, 0.5) is 0 Å². The summed E-state index contributed by atoms with van der Waals surface area (Å²) >= 11 is 0. The summed E-state index contributed by atoms with van der Waals surface area (Å²) in [5.74, 6) is 0.728. The lowest BCUT2D eigenvalue weighted by atomic mass is 10.1. The van der Waals surface area contributed by atoms with Crippen molar-refractivity contribution in [2.24, 2.45) is 5.92 Å². The van der Waals surface area contributed by atoms with E-state index in [0.717, 1.165) is 51.7 Å². The number of hydrogen-bond acceptors (Lipinski definition) is 3. The first-order valence-corrected chi connectivity index (χ1v) is 6.56. The topological polar surface area (TPSA) is 30.5 Å². The SMILES string of the molecule is CCOCCCNCC(C)OCCC(C)C. The molecule has 0 aliphatic rings. The van der Waals surface area contributed by atoms with E-state index in [9.17, 15) is 0 Å². The largest absolute Gasteiger partial charge is 0.382 e. The van der Waals surface area contributed by atoms with Crippen molar-refractivity contribution in [3.63, 3.8) is 0 Å². The van der Waals surface area contributed by atoms with E-state index in [1.165, 1.54) is 0 Å². The zero-order valence-corrected chi connectivity index (χ0v) is 11.4. The molecule has 0 saturated carbocycles. The van der Waals surface area contributed by atoms with Crippen LogP contribution in [0.1, 0.15) is 40.5 Å². The van der Waals surface area contributed by atoms with Gasteiger partial charge in [-0.3, -0.25) is 0 Å². The Balaban J connectivity index is 3.14. The Morgan fingerprint density at radius 2 is 1.88 bits per heavy atom. The molecule has 0 aromatic carbocycles. The average Bonchev–Trinajstić information content (AvgIpc) is 2.22. The smallest absolute Gasteiger partial charge is 0.0671 e. The fourth-order valence-corrected chi connectivity index (χ4v) is 1.31.